The molecule has 0 aromatic heterocycles. The van der Waals surface area contributed by atoms with Crippen LogP contribution in [0, 0.1) is 0 Å². The van der Waals surface area contributed by atoms with E-state index in [1.165, 1.54) is 11.4 Å². The van der Waals surface area contributed by atoms with Crippen molar-refractivity contribution in [3.8, 4) is 11.5 Å². The number of nitrogens with zero attached hydrogens (tertiary/aromatic N) is 2. The van der Waals surface area contributed by atoms with Crippen LogP contribution < -0.4 is 19.2 Å². The van der Waals surface area contributed by atoms with Crippen LogP contribution in [0.4, 0.5) is 5.69 Å². The van der Waals surface area contributed by atoms with E-state index in [2.05, 4.69) is 10.5 Å². The number of carbonyl (C=O) groups excluding carboxylic acids is 1. The van der Waals surface area contributed by atoms with Gasteiger partial charge in [0.2, 0.25) is 10.0 Å². The maximum atomic E-state index is 13.0. The Morgan fingerprint density at radius 1 is 0.941 bits per heavy atom. The van der Waals surface area contributed by atoms with Gasteiger partial charge in [-0.1, -0.05) is 42.5 Å². The standard InChI is InChI=1S/C25H27N3O5S/c1-18(20-14-15-23(32-2)24(16-20)33-3)26-27-25(29)21-12-8-9-13-22(21)28(34(4,30)31)17-19-10-6-5-7-11-19/h5-16H,17H2,1-4H3,(H,27,29)/b26-18+. The van der Waals surface area contributed by atoms with Crippen molar-refractivity contribution in [1.82, 2.24) is 5.43 Å². The first-order valence-corrected chi connectivity index (χ1v) is 12.3. The third kappa shape index (κ3) is 5.93. The Balaban J connectivity index is 1.89. The van der Waals surface area contributed by atoms with Crippen LogP contribution in [0.1, 0.15) is 28.4 Å². The monoisotopic (exact) mass is 481 g/mol. The number of anilines is 1. The molecule has 9 heteroatoms. The minimum Gasteiger partial charge on any atom is -0.493 e. The van der Waals surface area contributed by atoms with Crippen molar-refractivity contribution < 1.29 is 22.7 Å². The van der Waals surface area contributed by atoms with Crippen LogP contribution in [0.3, 0.4) is 0 Å². The molecule has 0 heterocycles. The van der Waals surface area contributed by atoms with Gasteiger partial charge in [-0.3, -0.25) is 9.10 Å². The highest BCUT2D eigenvalue weighted by Gasteiger charge is 2.23. The molecule has 0 saturated carbocycles. The Bertz CT molecular complexity index is 1290. The summed E-state index contributed by atoms with van der Waals surface area (Å²) in [5.41, 5.74) is 5.05. The van der Waals surface area contributed by atoms with Crippen molar-refractivity contribution in [2.75, 3.05) is 24.8 Å². The Morgan fingerprint density at radius 2 is 1.59 bits per heavy atom. The Labute approximate surface area is 199 Å². The molecule has 0 aliphatic heterocycles. The van der Waals surface area contributed by atoms with Gasteiger partial charge < -0.3 is 9.47 Å². The fourth-order valence-electron chi connectivity index (χ4n) is 3.33. The predicted octanol–water partition coefficient (Wildman–Crippen LogP) is 3.82. The number of hydrogen-bond acceptors (Lipinski definition) is 6. The van der Waals surface area contributed by atoms with E-state index >= 15 is 0 Å². The molecule has 0 aliphatic carbocycles. The second-order valence-electron chi connectivity index (χ2n) is 7.48. The van der Waals surface area contributed by atoms with Crippen LogP contribution in [0.5, 0.6) is 11.5 Å². The van der Waals surface area contributed by atoms with E-state index in [4.69, 9.17) is 9.47 Å². The zero-order valence-corrected chi connectivity index (χ0v) is 20.3. The van der Waals surface area contributed by atoms with Crippen molar-refractivity contribution in [2.24, 2.45) is 5.10 Å². The molecule has 0 fully saturated rings. The summed E-state index contributed by atoms with van der Waals surface area (Å²) < 4.78 is 37.0. The lowest BCUT2D eigenvalue weighted by atomic mass is 10.1. The van der Waals surface area contributed by atoms with Gasteiger partial charge in [0.25, 0.3) is 5.91 Å². The smallest absolute Gasteiger partial charge is 0.273 e. The highest BCUT2D eigenvalue weighted by Crippen LogP contribution is 2.28. The quantitative estimate of drug-likeness (QED) is 0.370. The second kappa shape index (κ2) is 10.8. The van der Waals surface area contributed by atoms with E-state index in [9.17, 15) is 13.2 Å². The van der Waals surface area contributed by atoms with Gasteiger partial charge in [0.15, 0.2) is 11.5 Å². The molecule has 1 N–H and O–H groups in total. The van der Waals surface area contributed by atoms with E-state index in [1.54, 1.807) is 56.5 Å². The average Bonchev–Trinajstić information content (AvgIpc) is 2.85. The fourth-order valence-corrected chi connectivity index (χ4v) is 4.23. The van der Waals surface area contributed by atoms with Gasteiger partial charge in [-0.05, 0) is 42.8 Å². The molecule has 34 heavy (non-hydrogen) atoms. The summed E-state index contributed by atoms with van der Waals surface area (Å²) in [5, 5.41) is 4.20. The number of hydrogen-bond donors (Lipinski definition) is 1. The van der Waals surface area contributed by atoms with Crippen molar-refractivity contribution in [1.29, 1.82) is 0 Å². The normalized spacial score (nSPS) is 11.6. The van der Waals surface area contributed by atoms with E-state index in [-0.39, 0.29) is 17.8 Å². The maximum Gasteiger partial charge on any atom is 0.273 e. The van der Waals surface area contributed by atoms with Crippen LogP contribution in [0.25, 0.3) is 0 Å². The summed E-state index contributed by atoms with van der Waals surface area (Å²) in [4.78, 5) is 13.0. The molecule has 0 radical (unpaired) electrons. The number of hydrazone groups is 1. The van der Waals surface area contributed by atoms with Gasteiger partial charge in [0.05, 0.1) is 44.0 Å². The third-order valence-electron chi connectivity index (χ3n) is 5.11. The summed E-state index contributed by atoms with van der Waals surface area (Å²) in [6, 6.07) is 21.0. The number of benzene rings is 3. The molecular weight excluding hydrogens is 454 g/mol. The maximum absolute atomic E-state index is 13.0. The lowest BCUT2D eigenvalue weighted by Gasteiger charge is -2.24. The number of para-hydroxylation sites is 1. The molecule has 1 amide bonds. The Morgan fingerprint density at radius 3 is 2.24 bits per heavy atom. The fraction of sp³-hybridized carbons (Fsp3) is 0.200. The van der Waals surface area contributed by atoms with Crippen LogP contribution in [0.15, 0.2) is 77.9 Å². The lowest BCUT2D eigenvalue weighted by Crippen LogP contribution is -2.32. The SMILES string of the molecule is COc1ccc(/C(C)=N/NC(=O)c2ccccc2N(Cc2ccccc2)S(C)(=O)=O)cc1OC. The highest BCUT2D eigenvalue weighted by molar-refractivity contribution is 7.92. The zero-order chi connectivity index (χ0) is 24.7. The molecule has 8 nitrogen and oxygen atoms in total. The number of amides is 1. The number of nitrogens with one attached hydrogen (secondary N) is 1. The minimum atomic E-state index is -3.67. The van der Waals surface area contributed by atoms with Crippen LogP contribution in [-0.2, 0) is 16.6 Å². The minimum absolute atomic E-state index is 0.0951. The van der Waals surface area contributed by atoms with Crippen molar-refractivity contribution in [2.45, 2.75) is 13.5 Å². The molecule has 0 bridgehead atoms. The van der Waals surface area contributed by atoms with Gasteiger partial charge in [0.1, 0.15) is 0 Å². The molecule has 0 atom stereocenters. The third-order valence-corrected chi connectivity index (χ3v) is 6.24. The van der Waals surface area contributed by atoms with Crippen LogP contribution in [-0.4, -0.2) is 40.5 Å². The Kier molecular flexibility index (Phi) is 7.91. The lowest BCUT2D eigenvalue weighted by molar-refractivity contribution is 0.0955. The molecule has 0 spiro atoms. The summed E-state index contributed by atoms with van der Waals surface area (Å²) in [5.74, 6) is 0.587. The number of carbonyl (C=O) groups is 1. The zero-order valence-electron chi connectivity index (χ0n) is 19.5. The van der Waals surface area contributed by atoms with Crippen molar-refractivity contribution in [3.63, 3.8) is 0 Å². The Hall–Kier alpha value is -3.85. The van der Waals surface area contributed by atoms with Gasteiger partial charge >= 0.3 is 0 Å². The highest BCUT2D eigenvalue weighted by atomic mass is 32.2. The van der Waals surface area contributed by atoms with Crippen molar-refractivity contribution in [3.05, 3.63) is 89.5 Å². The second-order valence-corrected chi connectivity index (χ2v) is 9.39. The van der Waals surface area contributed by atoms with E-state index < -0.39 is 15.9 Å². The number of rotatable bonds is 9. The summed E-state index contributed by atoms with van der Waals surface area (Å²) in [6.07, 6.45) is 1.12. The largest absolute Gasteiger partial charge is 0.493 e. The summed E-state index contributed by atoms with van der Waals surface area (Å²) in [6.45, 7) is 1.84. The summed E-state index contributed by atoms with van der Waals surface area (Å²) in [7, 11) is -0.582. The molecule has 0 aliphatic rings. The van der Waals surface area contributed by atoms with Crippen molar-refractivity contribution >= 4 is 27.3 Å². The molecule has 0 saturated heterocycles. The first-order chi connectivity index (χ1) is 16.2. The first kappa shape index (κ1) is 24.8. The molecule has 3 aromatic carbocycles. The molecule has 3 rings (SSSR count). The predicted molar refractivity (Wildman–Crippen MR) is 133 cm³/mol. The molecular formula is C25H27N3O5S. The number of methoxy groups -OCH3 is 2. The summed E-state index contributed by atoms with van der Waals surface area (Å²) >= 11 is 0. The van der Waals surface area contributed by atoms with Gasteiger partial charge in [-0.25, -0.2) is 13.8 Å². The first-order valence-electron chi connectivity index (χ1n) is 10.4. The molecule has 3 aromatic rings. The number of sulfonamides is 1. The topological polar surface area (TPSA) is 97.3 Å². The van der Waals surface area contributed by atoms with Crippen LogP contribution >= 0.6 is 0 Å². The van der Waals surface area contributed by atoms with Gasteiger partial charge in [-0.15, -0.1) is 0 Å². The number of ether oxygens (including phenoxy) is 2. The van der Waals surface area contributed by atoms with Gasteiger partial charge in [-0.2, -0.15) is 5.10 Å². The van der Waals surface area contributed by atoms with Gasteiger partial charge in [0, 0.05) is 5.56 Å². The van der Waals surface area contributed by atoms with E-state index in [0.29, 0.717) is 17.2 Å². The van der Waals surface area contributed by atoms with Crippen LogP contribution in [0.2, 0.25) is 0 Å². The average molecular weight is 482 g/mol. The molecule has 178 valence electrons. The van der Waals surface area contributed by atoms with E-state index in [1.807, 2.05) is 30.3 Å². The van der Waals surface area contributed by atoms with E-state index in [0.717, 1.165) is 17.4 Å². The molecule has 0 unspecified atom stereocenters.